The number of alkyl halides is 3. The fraction of sp³-hybridized carbons (Fsp3) is 0.286. The summed E-state index contributed by atoms with van der Waals surface area (Å²) in [4.78, 5) is 3.65. The van der Waals surface area contributed by atoms with Crippen LogP contribution < -0.4 is 5.73 Å². The molecule has 0 saturated carbocycles. The molecular weight excluding hydrogens is 284 g/mol. The Hall–Kier alpha value is -0.330. The van der Waals surface area contributed by atoms with Gasteiger partial charge in [-0.05, 0) is 27.6 Å². The summed E-state index contributed by atoms with van der Waals surface area (Å²) in [6.07, 6.45) is -3.32. The van der Waals surface area contributed by atoms with Crippen molar-refractivity contribution in [3.05, 3.63) is 28.5 Å². The van der Waals surface area contributed by atoms with Gasteiger partial charge in [0.25, 0.3) is 0 Å². The number of hydrogen-bond acceptors (Lipinski definition) is 2. The van der Waals surface area contributed by atoms with Gasteiger partial charge >= 0.3 is 6.18 Å². The van der Waals surface area contributed by atoms with Crippen molar-refractivity contribution in [2.45, 2.75) is 12.2 Å². The average Bonchev–Trinajstić information content (AvgIpc) is 2.03. The molecule has 0 saturated heterocycles. The van der Waals surface area contributed by atoms with E-state index in [1.54, 1.807) is 0 Å². The zero-order valence-electron chi connectivity index (χ0n) is 6.75. The van der Waals surface area contributed by atoms with E-state index in [9.17, 15) is 13.2 Å². The number of rotatable bonds is 1. The van der Waals surface area contributed by atoms with Crippen molar-refractivity contribution >= 4 is 28.3 Å². The average molecular weight is 291 g/mol. The minimum Gasteiger partial charge on any atom is -0.316 e. The molecule has 0 fully saturated rings. The highest BCUT2D eigenvalue weighted by Gasteiger charge is 2.37. The maximum Gasteiger partial charge on any atom is 0.407 e. The van der Waals surface area contributed by atoms with Crippen molar-refractivity contribution < 1.29 is 13.2 Å². The van der Waals surface area contributed by atoms with E-state index in [1.165, 1.54) is 12.1 Å². The summed E-state index contributed by atoms with van der Waals surface area (Å²) < 4.78 is 36.7. The van der Waals surface area contributed by atoms with E-state index in [2.05, 4.69) is 20.9 Å². The Morgan fingerprint density at radius 3 is 2.29 bits per heavy atom. The number of halogens is 5. The summed E-state index contributed by atoms with van der Waals surface area (Å²) >= 11 is 3.01. The lowest BCUT2D eigenvalue weighted by Crippen LogP contribution is -2.28. The molecule has 1 atom stereocenters. The van der Waals surface area contributed by atoms with E-state index in [-0.39, 0.29) is 18.0 Å². The third kappa shape index (κ3) is 3.43. The normalized spacial score (nSPS) is 13.2. The lowest BCUT2D eigenvalue weighted by atomic mass is 10.1. The molecule has 1 aromatic rings. The molecule has 0 bridgehead atoms. The highest BCUT2D eigenvalue weighted by atomic mass is 79.9. The van der Waals surface area contributed by atoms with Crippen molar-refractivity contribution in [3.63, 3.8) is 0 Å². The van der Waals surface area contributed by atoms with Gasteiger partial charge in [0.1, 0.15) is 10.6 Å². The van der Waals surface area contributed by atoms with Crippen LogP contribution >= 0.6 is 28.3 Å². The van der Waals surface area contributed by atoms with Gasteiger partial charge in [-0.15, -0.1) is 12.4 Å². The molecule has 1 rings (SSSR count). The first-order valence-electron chi connectivity index (χ1n) is 3.35. The summed E-state index contributed by atoms with van der Waals surface area (Å²) in [5, 5.41) is 0. The fourth-order valence-corrected chi connectivity index (χ4v) is 0.995. The minimum atomic E-state index is -4.42. The van der Waals surface area contributed by atoms with Crippen LogP contribution in [0.1, 0.15) is 11.6 Å². The summed E-state index contributed by atoms with van der Waals surface area (Å²) in [6, 6.07) is 0.740. The molecule has 0 aliphatic carbocycles. The summed E-state index contributed by atoms with van der Waals surface area (Å²) in [5.74, 6) is 0. The van der Waals surface area contributed by atoms with Crippen LogP contribution in [-0.4, -0.2) is 11.2 Å². The fourth-order valence-electron chi connectivity index (χ4n) is 0.760. The highest BCUT2D eigenvalue weighted by molar-refractivity contribution is 9.10. The van der Waals surface area contributed by atoms with Crippen LogP contribution in [0.5, 0.6) is 0 Å². The quantitative estimate of drug-likeness (QED) is 0.808. The van der Waals surface area contributed by atoms with E-state index >= 15 is 0 Å². The van der Waals surface area contributed by atoms with E-state index in [1.807, 2.05) is 0 Å². The Balaban J connectivity index is 0.00000169. The van der Waals surface area contributed by atoms with Gasteiger partial charge in [-0.2, -0.15) is 13.2 Å². The summed E-state index contributed by atoms with van der Waals surface area (Å²) in [5.41, 5.74) is 4.90. The van der Waals surface area contributed by atoms with Gasteiger partial charge in [0.05, 0.1) is 0 Å². The van der Waals surface area contributed by atoms with Crippen molar-refractivity contribution in [1.29, 1.82) is 0 Å². The lowest BCUT2D eigenvalue weighted by Gasteiger charge is -2.14. The predicted molar refractivity (Wildman–Crippen MR) is 52.2 cm³/mol. The minimum absolute atomic E-state index is 0. The van der Waals surface area contributed by atoms with Crippen LogP contribution in [0.15, 0.2) is 22.9 Å². The van der Waals surface area contributed by atoms with E-state index in [4.69, 9.17) is 5.73 Å². The van der Waals surface area contributed by atoms with E-state index < -0.39 is 12.2 Å². The maximum absolute atomic E-state index is 12.1. The monoisotopic (exact) mass is 290 g/mol. The first-order valence-corrected chi connectivity index (χ1v) is 4.14. The van der Waals surface area contributed by atoms with Crippen molar-refractivity contribution in [2.75, 3.05) is 0 Å². The van der Waals surface area contributed by atoms with Crippen LogP contribution in [0, 0.1) is 0 Å². The van der Waals surface area contributed by atoms with Gasteiger partial charge in [-0.1, -0.05) is 6.07 Å². The molecule has 2 N–H and O–H groups in total. The second-order valence-corrected chi connectivity index (χ2v) is 3.25. The van der Waals surface area contributed by atoms with Crippen LogP contribution in [-0.2, 0) is 0 Å². The Kier molecular flexibility index (Phi) is 4.83. The third-order valence-corrected chi connectivity index (χ3v) is 1.93. The first-order chi connectivity index (χ1) is 5.91. The van der Waals surface area contributed by atoms with Crippen molar-refractivity contribution in [1.82, 2.24) is 4.98 Å². The first kappa shape index (κ1) is 13.7. The molecule has 80 valence electrons. The SMILES string of the molecule is Cl.N[C@H](c1ccc(Br)nc1)C(F)(F)F. The van der Waals surface area contributed by atoms with Crippen LogP contribution in [0.4, 0.5) is 13.2 Å². The molecule has 0 amide bonds. The van der Waals surface area contributed by atoms with Crippen LogP contribution in [0.3, 0.4) is 0 Å². The van der Waals surface area contributed by atoms with E-state index in [0.717, 1.165) is 6.20 Å². The smallest absolute Gasteiger partial charge is 0.316 e. The molecule has 0 radical (unpaired) electrons. The van der Waals surface area contributed by atoms with E-state index in [0.29, 0.717) is 4.60 Å². The van der Waals surface area contributed by atoms with Crippen LogP contribution in [0.2, 0.25) is 0 Å². The van der Waals surface area contributed by atoms with Gasteiger partial charge < -0.3 is 5.73 Å². The summed E-state index contributed by atoms with van der Waals surface area (Å²) in [6.45, 7) is 0. The van der Waals surface area contributed by atoms with Crippen molar-refractivity contribution in [3.8, 4) is 0 Å². The predicted octanol–water partition coefficient (Wildman–Crippen LogP) is 2.83. The zero-order valence-corrected chi connectivity index (χ0v) is 9.16. The van der Waals surface area contributed by atoms with Crippen molar-refractivity contribution in [2.24, 2.45) is 5.73 Å². The zero-order chi connectivity index (χ0) is 10.1. The topological polar surface area (TPSA) is 38.9 Å². The summed E-state index contributed by atoms with van der Waals surface area (Å²) in [7, 11) is 0. The number of hydrogen-bond donors (Lipinski definition) is 1. The Morgan fingerprint density at radius 1 is 1.36 bits per heavy atom. The van der Waals surface area contributed by atoms with Gasteiger partial charge in [0, 0.05) is 6.20 Å². The third-order valence-electron chi connectivity index (χ3n) is 1.46. The molecule has 0 aliphatic rings. The Labute approximate surface area is 93.2 Å². The molecule has 1 aromatic heterocycles. The molecule has 2 nitrogen and oxygen atoms in total. The number of pyridine rings is 1. The highest BCUT2D eigenvalue weighted by Crippen LogP contribution is 2.30. The molecule has 7 heteroatoms. The van der Waals surface area contributed by atoms with Gasteiger partial charge in [0.2, 0.25) is 0 Å². The van der Waals surface area contributed by atoms with Gasteiger partial charge in [0.15, 0.2) is 0 Å². The second kappa shape index (κ2) is 4.95. The molecular formula is C7H7BrClF3N2. The molecule has 0 unspecified atom stereocenters. The van der Waals surface area contributed by atoms with Gasteiger partial charge in [-0.25, -0.2) is 4.98 Å². The number of aromatic nitrogens is 1. The molecule has 1 heterocycles. The molecule has 0 spiro atoms. The number of nitrogens with zero attached hydrogens (tertiary/aromatic N) is 1. The standard InChI is InChI=1S/C7H6BrF3N2.ClH/c8-5-2-1-4(3-13-5)6(12)7(9,10)11;/h1-3,6H,12H2;1H/t6-;/m1./s1. The molecule has 14 heavy (non-hydrogen) atoms. The lowest BCUT2D eigenvalue weighted by molar-refractivity contribution is -0.149. The Morgan fingerprint density at radius 2 is 1.93 bits per heavy atom. The maximum atomic E-state index is 12.1. The molecule has 0 aromatic carbocycles. The Bertz CT molecular complexity index is 288. The molecule has 0 aliphatic heterocycles. The second-order valence-electron chi connectivity index (χ2n) is 2.43. The van der Waals surface area contributed by atoms with Crippen LogP contribution in [0.25, 0.3) is 0 Å². The largest absolute Gasteiger partial charge is 0.407 e. The number of nitrogens with two attached hydrogens (primary N) is 1. The van der Waals surface area contributed by atoms with Gasteiger partial charge in [-0.3, -0.25) is 0 Å².